The molecule has 2 aromatic carbocycles. The maximum absolute atomic E-state index is 13.2. The van der Waals surface area contributed by atoms with Gasteiger partial charge in [0.1, 0.15) is 11.6 Å². The van der Waals surface area contributed by atoms with Crippen LogP contribution in [-0.2, 0) is 12.8 Å². The summed E-state index contributed by atoms with van der Waals surface area (Å²) in [5.41, 5.74) is 1.80. The lowest BCUT2D eigenvalue weighted by Gasteiger charge is -2.17. The molecule has 0 fully saturated rings. The second-order valence-electron chi connectivity index (χ2n) is 4.76. The van der Waals surface area contributed by atoms with Crippen LogP contribution in [0.4, 0.5) is 8.78 Å². The highest BCUT2D eigenvalue weighted by atomic mass is 35.5. The van der Waals surface area contributed by atoms with Gasteiger partial charge in [0.2, 0.25) is 0 Å². The number of hydrogen-bond acceptors (Lipinski definition) is 1. The van der Waals surface area contributed by atoms with Gasteiger partial charge in [0.15, 0.2) is 0 Å². The number of halogens is 3. The molecule has 1 unspecified atom stereocenters. The predicted molar refractivity (Wildman–Crippen MR) is 78.1 cm³/mol. The Morgan fingerprint density at radius 3 is 2.45 bits per heavy atom. The second-order valence-corrected chi connectivity index (χ2v) is 5.17. The molecule has 0 aliphatic heterocycles. The third-order valence-electron chi connectivity index (χ3n) is 3.26. The molecule has 20 heavy (non-hydrogen) atoms. The molecule has 2 aromatic rings. The van der Waals surface area contributed by atoms with Crippen LogP contribution in [0.25, 0.3) is 0 Å². The molecule has 0 radical (unpaired) electrons. The van der Waals surface area contributed by atoms with Crippen LogP contribution in [0.2, 0.25) is 5.02 Å². The minimum atomic E-state index is -0.343. The van der Waals surface area contributed by atoms with Crippen LogP contribution >= 0.6 is 11.6 Å². The predicted octanol–water partition coefficient (Wildman–Crippen LogP) is 3.99. The van der Waals surface area contributed by atoms with Crippen LogP contribution in [0.3, 0.4) is 0 Å². The fraction of sp³-hybridized carbons (Fsp3) is 0.250. The van der Waals surface area contributed by atoms with Crippen molar-refractivity contribution in [2.75, 3.05) is 7.05 Å². The maximum atomic E-state index is 13.2. The zero-order valence-corrected chi connectivity index (χ0v) is 11.9. The Morgan fingerprint density at radius 1 is 1.05 bits per heavy atom. The molecule has 0 aliphatic rings. The molecule has 0 aliphatic carbocycles. The van der Waals surface area contributed by atoms with E-state index in [1.165, 1.54) is 24.3 Å². The van der Waals surface area contributed by atoms with Crippen molar-refractivity contribution in [1.82, 2.24) is 5.32 Å². The Bertz CT molecular complexity index is 586. The van der Waals surface area contributed by atoms with Crippen molar-refractivity contribution in [2.24, 2.45) is 0 Å². The van der Waals surface area contributed by atoms with Crippen molar-refractivity contribution in [1.29, 1.82) is 0 Å². The summed E-state index contributed by atoms with van der Waals surface area (Å²) < 4.78 is 26.2. The van der Waals surface area contributed by atoms with Crippen LogP contribution < -0.4 is 5.32 Å². The van der Waals surface area contributed by atoms with E-state index in [4.69, 9.17) is 11.6 Å². The first-order chi connectivity index (χ1) is 9.58. The highest BCUT2D eigenvalue weighted by molar-refractivity contribution is 6.31. The van der Waals surface area contributed by atoms with Crippen LogP contribution in [0.15, 0.2) is 42.5 Å². The van der Waals surface area contributed by atoms with E-state index in [1.54, 1.807) is 12.1 Å². The Morgan fingerprint density at radius 2 is 1.80 bits per heavy atom. The fourth-order valence-corrected chi connectivity index (χ4v) is 2.42. The SMILES string of the molecule is CNC(Cc1cccc(F)c1)Cc1ccc(F)cc1Cl. The lowest BCUT2D eigenvalue weighted by Crippen LogP contribution is -2.30. The summed E-state index contributed by atoms with van der Waals surface area (Å²) in [6.07, 6.45) is 1.34. The van der Waals surface area contributed by atoms with Gasteiger partial charge >= 0.3 is 0 Å². The first-order valence-corrected chi connectivity index (χ1v) is 6.82. The number of rotatable bonds is 5. The molecule has 4 heteroatoms. The summed E-state index contributed by atoms with van der Waals surface area (Å²) in [5.74, 6) is -0.581. The lowest BCUT2D eigenvalue weighted by molar-refractivity contribution is 0.551. The third-order valence-corrected chi connectivity index (χ3v) is 3.61. The number of hydrogen-bond donors (Lipinski definition) is 1. The fourth-order valence-electron chi connectivity index (χ4n) is 2.18. The molecule has 0 heterocycles. The van der Waals surface area contributed by atoms with E-state index in [0.29, 0.717) is 17.9 Å². The quantitative estimate of drug-likeness (QED) is 0.879. The van der Waals surface area contributed by atoms with Crippen LogP contribution in [0, 0.1) is 11.6 Å². The molecule has 2 rings (SSSR count). The smallest absolute Gasteiger partial charge is 0.124 e. The molecule has 1 nitrogen and oxygen atoms in total. The van der Waals surface area contributed by atoms with Crippen LogP contribution in [0.5, 0.6) is 0 Å². The van der Waals surface area contributed by atoms with E-state index < -0.39 is 0 Å². The van der Waals surface area contributed by atoms with Gasteiger partial charge < -0.3 is 5.32 Å². The van der Waals surface area contributed by atoms with Gasteiger partial charge in [-0.1, -0.05) is 29.8 Å². The molecule has 0 saturated carbocycles. The maximum Gasteiger partial charge on any atom is 0.124 e. The minimum absolute atomic E-state index is 0.111. The zero-order chi connectivity index (χ0) is 14.5. The monoisotopic (exact) mass is 295 g/mol. The first-order valence-electron chi connectivity index (χ1n) is 6.44. The summed E-state index contributed by atoms with van der Waals surface area (Å²) in [6, 6.07) is 11.0. The summed E-state index contributed by atoms with van der Waals surface area (Å²) in [6.45, 7) is 0. The summed E-state index contributed by atoms with van der Waals surface area (Å²) >= 11 is 6.03. The number of benzene rings is 2. The Labute approximate surface area is 122 Å². The van der Waals surface area contributed by atoms with Gasteiger partial charge in [-0.2, -0.15) is 0 Å². The molecule has 1 N–H and O–H groups in total. The molecule has 1 atom stereocenters. The molecule has 106 valence electrons. The van der Waals surface area contributed by atoms with Gasteiger partial charge in [-0.05, 0) is 55.3 Å². The van der Waals surface area contributed by atoms with E-state index in [1.807, 2.05) is 13.1 Å². The van der Waals surface area contributed by atoms with E-state index in [0.717, 1.165) is 11.1 Å². The van der Waals surface area contributed by atoms with Gasteiger partial charge in [0.05, 0.1) is 0 Å². The van der Waals surface area contributed by atoms with Crippen LogP contribution in [0.1, 0.15) is 11.1 Å². The van der Waals surface area contributed by atoms with Crippen molar-refractivity contribution >= 4 is 11.6 Å². The van der Waals surface area contributed by atoms with Crippen molar-refractivity contribution < 1.29 is 8.78 Å². The second kappa shape index (κ2) is 6.82. The highest BCUT2D eigenvalue weighted by Gasteiger charge is 2.11. The molecule has 0 spiro atoms. The van der Waals surface area contributed by atoms with Crippen molar-refractivity contribution in [3.8, 4) is 0 Å². The van der Waals surface area contributed by atoms with E-state index in [2.05, 4.69) is 5.32 Å². The third kappa shape index (κ3) is 4.02. The number of nitrogens with one attached hydrogen (secondary N) is 1. The minimum Gasteiger partial charge on any atom is -0.316 e. The molecule has 0 aromatic heterocycles. The molecule has 0 bridgehead atoms. The largest absolute Gasteiger partial charge is 0.316 e. The first kappa shape index (κ1) is 14.9. The Kier molecular flexibility index (Phi) is 5.10. The molecular formula is C16H16ClF2N. The van der Waals surface area contributed by atoms with E-state index in [-0.39, 0.29) is 17.7 Å². The van der Waals surface area contributed by atoms with Crippen molar-refractivity contribution in [3.63, 3.8) is 0 Å². The summed E-state index contributed by atoms with van der Waals surface area (Å²) in [4.78, 5) is 0. The van der Waals surface area contributed by atoms with Gasteiger partial charge in [0, 0.05) is 11.1 Å². The standard InChI is InChI=1S/C16H16ClF2N/c1-20-15(8-11-3-2-4-13(18)7-11)9-12-5-6-14(19)10-16(12)17/h2-7,10,15,20H,8-9H2,1H3. The van der Waals surface area contributed by atoms with Gasteiger partial charge in [0.25, 0.3) is 0 Å². The average molecular weight is 296 g/mol. The van der Waals surface area contributed by atoms with Gasteiger partial charge in [-0.15, -0.1) is 0 Å². The number of likely N-dealkylation sites (N-methyl/N-ethyl adjacent to an activating group) is 1. The Hall–Kier alpha value is -1.45. The van der Waals surface area contributed by atoms with Crippen molar-refractivity contribution in [2.45, 2.75) is 18.9 Å². The zero-order valence-electron chi connectivity index (χ0n) is 11.2. The molecule has 0 saturated heterocycles. The molecular weight excluding hydrogens is 280 g/mol. The topological polar surface area (TPSA) is 12.0 Å². The highest BCUT2D eigenvalue weighted by Crippen LogP contribution is 2.20. The Balaban J connectivity index is 2.09. The van der Waals surface area contributed by atoms with Gasteiger partial charge in [-0.3, -0.25) is 0 Å². The molecule has 0 amide bonds. The lowest BCUT2D eigenvalue weighted by atomic mass is 9.99. The average Bonchev–Trinajstić information content (AvgIpc) is 2.41. The van der Waals surface area contributed by atoms with E-state index in [9.17, 15) is 8.78 Å². The summed E-state index contributed by atoms with van der Waals surface area (Å²) in [7, 11) is 1.85. The summed E-state index contributed by atoms with van der Waals surface area (Å²) in [5, 5.41) is 3.61. The van der Waals surface area contributed by atoms with Crippen LogP contribution in [-0.4, -0.2) is 13.1 Å². The van der Waals surface area contributed by atoms with Crippen molar-refractivity contribution in [3.05, 3.63) is 70.2 Å². The van der Waals surface area contributed by atoms with E-state index >= 15 is 0 Å². The normalized spacial score (nSPS) is 12.4. The van der Waals surface area contributed by atoms with Gasteiger partial charge in [-0.25, -0.2) is 8.78 Å².